The first-order valence-electron chi connectivity index (χ1n) is 49.4. The van der Waals surface area contributed by atoms with E-state index in [-0.39, 0.29) is 151 Å². The van der Waals surface area contributed by atoms with Gasteiger partial charge in [0, 0.05) is 140 Å². The number of carbonyl (C=O) groups excluding carboxylic acids is 16. The number of epoxide rings is 2. The monoisotopic (exact) mass is 2160 g/mol. The van der Waals surface area contributed by atoms with Gasteiger partial charge in [0.05, 0.1) is 89.3 Å². The van der Waals surface area contributed by atoms with Crippen LogP contribution in [0.25, 0.3) is 0 Å². The van der Waals surface area contributed by atoms with Gasteiger partial charge >= 0.3 is 30.1 Å². The lowest BCUT2D eigenvalue weighted by molar-refractivity contribution is -0.201. The Morgan fingerprint density at radius 1 is 0.568 bits per heavy atom. The minimum absolute atomic E-state index is 0. The molecule has 44 nitrogen and oxygen atoms in total. The third kappa shape index (κ3) is 29.2. The molecule has 9 heterocycles. The minimum Gasteiger partial charge on any atom is -0.457 e. The number of nitrogens with zero attached hydrogens (tertiary/aromatic N) is 7. The second-order valence-electron chi connectivity index (χ2n) is 39.9. The van der Waals surface area contributed by atoms with E-state index in [0.29, 0.717) is 91.6 Å². The van der Waals surface area contributed by atoms with E-state index in [4.69, 9.17) is 67.4 Å². The highest BCUT2D eigenvalue weighted by Crippen LogP contribution is 2.52. The Bertz CT molecular complexity index is 5320. The first-order chi connectivity index (χ1) is 69.5. The SMILES string of the molecule is C/C1=C\C=C\[C@@H](CO)[C@@]2(O)C[C@H](OC(=O)N2)[C@@H](C)C2O[C@]2(C)[C@@H](OC(=O)[C@H](C)N(C)C(=O)CCSC2CC(=O)N(CC3CCC(C(=O)NN)CC3)C2=O)CC(=O)N(C)c2cc(cc(CO)c2Cl)C1.C/C1=C\C=C\[C@@H](CO)[C@@]2(O)C[C@H](OC(=O)N2)[C@@H](C)C2O[C@]2(C)[C@@H](OC(=O)[C@H](C)N(C)C(=O)CCSC2CC(=O)N(CC3CCC(C(=O)ON4C(=O)CCC4=O)CC3)C2=O)CC(=O)N(C)c2cc(cc(CO)c2Cl)C1.CCO.NN.O. The fourth-order valence-electron chi connectivity index (χ4n) is 20.1. The van der Waals surface area contributed by atoms with Gasteiger partial charge in [0.25, 0.3) is 11.8 Å². The number of fused-ring (bicyclic) bond motifs is 10. The predicted octanol–water partition coefficient (Wildman–Crippen LogP) is 3.89. The van der Waals surface area contributed by atoms with E-state index in [0.717, 1.165) is 28.5 Å². The average Bonchev–Trinajstić information content (AvgIpc) is 1.57. The van der Waals surface area contributed by atoms with Crippen LogP contribution in [0.2, 0.25) is 10.0 Å². The van der Waals surface area contributed by atoms with Crippen molar-refractivity contribution in [1.29, 1.82) is 0 Å². The number of benzene rings is 2. The Labute approximate surface area is 877 Å². The van der Waals surface area contributed by atoms with Crippen LogP contribution in [0.3, 0.4) is 0 Å². The number of aliphatic hydroxyl groups excluding tert-OH is 5. The quantitative estimate of drug-likeness (QED) is 0.0128. The van der Waals surface area contributed by atoms with Crippen molar-refractivity contribution in [3.8, 4) is 0 Å². The van der Waals surface area contributed by atoms with Gasteiger partial charge in [-0.2, -0.15) is 0 Å². The van der Waals surface area contributed by atoms with Crippen LogP contribution >= 0.6 is 46.7 Å². The summed E-state index contributed by atoms with van der Waals surface area (Å²) in [5.74, 6) is 2.83. The van der Waals surface area contributed by atoms with Crippen molar-refractivity contribution in [2.45, 2.75) is 286 Å². The topological polar surface area (TPSA) is 654 Å². The molecule has 18 N–H and O–H groups in total. The fourth-order valence-corrected chi connectivity index (χ4v) is 22.9. The summed E-state index contributed by atoms with van der Waals surface area (Å²) < 4.78 is 36.1. The number of halogens is 2. The molecule has 9 aliphatic heterocycles. The summed E-state index contributed by atoms with van der Waals surface area (Å²) in [6.07, 6.45) is 6.11. The minimum atomic E-state index is -1.93. The molecule has 13 rings (SSSR count). The maximum absolute atomic E-state index is 14.3. The smallest absolute Gasteiger partial charge is 0.409 e. The van der Waals surface area contributed by atoms with Crippen LogP contribution in [0.5, 0.6) is 0 Å². The number of thioether (sulfide) groups is 2. The molecule has 7 saturated heterocycles. The first kappa shape index (κ1) is 121. The molecule has 48 heteroatoms. The van der Waals surface area contributed by atoms with Crippen molar-refractivity contribution in [3.63, 3.8) is 0 Å². The lowest BCUT2D eigenvalue weighted by Crippen LogP contribution is -2.62. The molecule has 148 heavy (non-hydrogen) atoms. The average molecular weight is 2160 g/mol. The normalized spacial score (nSPS) is 31.3. The van der Waals surface area contributed by atoms with E-state index in [9.17, 15) is 107 Å². The standard InChI is InChI=1S/C51H66ClN5O16S.C47H65ClN6O13S.C2H6O.H4N2.H2O/c1-27-8-7-9-34(26-59)51(69)23-36(70-49(68)53-51)28(2)45-50(4,72-45)38(22-42(63)55(6)35-20-31(18-27)19-33(25-58)44(35)52)71-47(66)29(3)54(5)39(60)16-17-74-37-21-43(64)56(46(37)65)24-30-10-12-32(13-11-30)48(67)73-57-40(61)14-15-41(57)62;1-25-8-7-9-32(24-56)47(64)21-34(65-45(63)50-47)26(2)41-46(4,67-41)36(20-38(58)53(6)33-18-29(16-25)17-31(23-55)40(33)48)66-44(62)27(3)52(5)37(57)14-15-68-35-19-39(59)54(43(35)61)22-28-10-12-30(13-11-28)42(60)51-49;1-2-3;1-2;/h7-9,19-20,28-30,32,34,36-38,45,58-59,69H,10-18,21-26H2,1-6H3,(H,53,68);7-9,17-18,26-28,30,32,34-36,41,55-56,64H,10-16,19-24,49H2,1-6H3,(H,50,63)(H,51,60);3H,2H2,1H3;1-2H2;1H2/b9-7+,27-8+;9-7+,25-8+;;;/t28-,29+,30?,32?,34+,36+,37?,38+,45?,50-,51+;26-,27+,28?,30?,32+,34+,35?,36+,41?,46-,47+;;;/m11.../s1. The van der Waals surface area contributed by atoms with Gasteiger partial charge in [-0.25, -0.2) is 29.8 Å². The number of hydroxylamine groups is 2. The summed E-state index contributed by atoms with van der Waals surface area (Å²) in [4.78, 5) is 224. The first-order valence-corrected chi connectivity index (χ1v) is 52.3. The molecular formula is C100H143Cl2N13O31S2. The molecule has 2 aromatic carbocycles. The Morgan fingerprint density at radius 2 is 0.932 bits per heavy atom. The molecule has 11 aliphatic rings. The van der Waals surface area contributed by atoms with Crippen LogP contribution in [0.15, 0.2) is 71.9 Å². The zero-order chi connectivity index (χ0) is 109. The van der Waals surface area contributed by atoms with Crippen molar-refractivity contribution in [2.24, 2.45) is 64.9 Å². The fraction of sp³-hybridized carbons (Fsp3) is 0.640. The number of rotatable bonds is 25. The summed E-state index contributed by atoms with van der Waals surface area (Å²) in [5, 5.41) is 76.8. The Kier molecular flexibility index (Phi) is 43.7. The van der Waals surface area contributed by atoms with Crippen molar-refractivity contribution >= 4 is 153 Å². The highest BCUT2D eigenvalue weighted by atomic mass is 35.5. The van der Waals surface area contributed by atoms with E-state index in [2.05, 4.69) is 27.7 Å². The molecular weight excluding hydrogens is 2010 g/mol. The largest absolute Gasteiger partial charge is 0.457 e. The van der Waals surface area contributed by atoms with Gasteiger partial charge in [0.15, 0.2) is 11.4 Å². The molecule has 0 spiro atoms. The molecule has 2 aromatic rings. The maximum Gasteiger partial charge on any atom is 0.409 e. The molecule has 820 valence electrons. The maximum atomic E-state index is 14.3. The number of hydrogen-bond donors (Lipinski definition) is 13. The summed E-state index contributed by atoms with van der Waals surface area (Å²) in [6.45, 7) is 13.9. The zero-order valence-electron chi connectivity index (χ0n) is 85.6. The number of anilines is 2. The van der Waals surface area contributed by atoms with E-state index < -0.39 is 216 Å². The van der Waals surface area contributed by atoms with E-state index in [1.165, 1.54) is 83.2 Å². The molecule has 13 amide bonds. The Balaban J connectivity index is 0.000000314. The number of amides is 13. The second-order valence-corrected chi connectivity index (χ2v) is 43.2. The third-order valence-electron chi connectivity index (χ3n) is 29.7. The number of likely N-dealkylation sites (N-methyl/N-ethyl adjacent to an activating group) is 2. The lowest BCUT2D eigenvalue weighted by Gasteiger charge is -2.42. The van der Waals surface area contributed by atoms with Gasteiger partial charge < -0.3 is 94.1 Å². The number of likely N-dealkylation sites (tertiary alicyclic amines) is 2. The molecule has 18 atom stereocenters. The highest BCUT2D eigenvalue weighted by molar-refractivity contribution is 8.00. The molecule has 2 aliphatic carbocycles. The Hall–Kier alpha value is -10.1. The van der Waals surface area contributed by atoms with Gasteiger partial charge in [-0.3, -0.25) is 90.3 Å². The molecule has 2 saturated carbocycles. The third-order valence-corrected chi connectivity index (χ3v) is 33.0. The van der Waals surface area contributed by atoms with E-state index in [1.54, 1.807) is 95.3 Å². The molecule has 0 aromatic heterocycles. The van der Waals surface area contributed by atoms with Crippen LogP contribution in [-0.2, 0) is 126 Å². The number of hydrazine groups is 2. The van der Waals surface area contributed by atoms with Crippen LogP contribution in [0.1, 0.15) is 200 Å². The summed E-state index contributed by atoms with van der Waals surface area (Å²) in [7, 11) is 5.87. The number of esters is 2. The van der Waals surface area contributed by atoms with Crippen LogP contribution in [0.4, 0.5) is 21.0 Å². The number of alkyl carbamates (subject to hydrolysis) is 2. The van der Waals surface area contributed by atoms with Gasteiger partial charge in [-0.05, 0) is 159 Å². The number of hydrogen-bond acceptors (Lipinski definition) is 35. The van der Waals surface area contributed by atoms with Crippen LogP contribution in [-0.4, -0.2) is 315 Å². The van der Waals surface area contributed by atoms with Crippen molar-refractivity contribution < 1.29 is 151 Å². The van der Waals surface area contributed by atoms with E-state index in [1.807, 2.05) is 13.8 Å². The molecule has 8 bridgehead atoms. The summed E-state index contributed by atoms with van der Waals surface area (Å²) >= 11 is 15.9. The molecule has 0 radical (unpaired) electrons. The van der Waals surface area contributed by atoms with Gasteiger partial charge in [-0.1, -0.05) is 96.8 Å². The van der Waals surface area contributed by atoms with Crippen molar-refractivity contribution in [3.05, 3.63) is 104 Å². The van der Waals surface area contributed by atoms with Crippen LogP contribution < -0.4 is 43.4 Å². The second kappa shape index (κ2) is 53.2. The molecule has 4 unspecified atom stereocenters. The number of nitrogens with two attached hydrogens (primary N) is 3. The van der Waals surface area contributed by atoms with Crippen molar-refractivity contribution in [2.75, 3.05) is 82.4 Å². The number of aliphatic hydroxyl groups is 7. The summed E-state index contributed by atoms with van der Waals surface area (Å²) in [6, 6.07) is 4.55. The number of ether oxygens (including phenoxy) is 6. The van der Waals surface area contributed by atoms with Crippen molar-refractivity contribution in [1.82, 2.24) is 40.7 Å². The van der Waals surface area contributed by atoms with E-state index >= 15 is 0 Å². The predicted molar refractivity (Wildman–Crippen MR) is 540 cm³/mol. The Morgan fingerprint density at radius 3 is 1.28 bits per heavy atom. The number of carbonyl (C=O) groups is 16. The van der Waals surface area contributed by atoms with Gasteiger partial charge in [-0.15, -0.1) is 28.6 Å². The number of allylic oxidation sites excluding steroid dienone is 6. The highest BCUT2D eigenvalue weighted by Gasteiger charge is 2.67. The van der Waals surface area contributed by atoms with Crippen LogP contribution in [0, 0.1) is 47.3 Å². The lowest BCUT2D eigenvalue weighted by atomic mass is 9.81. The molecule has 9 fully saturated rings. The zero-order valence-corrected chi connectivity index (χ0v) is 88.8. The summed E-state index contributed by atoms with van der Waals surface area (Å²) in [5.41, 5.74) is 0.103. The van der Waals surface area contributed by atoms with Gasteiger partial charge in [0.1, 0.15) is 47.7 Å². The number of nitrogens with one attached hydrogen (secondary N) is 3. The van der Waals surface area contributed by atoms with Gasteiger partial charge in [0.2, 0.25) is 53.2 Å². The number of imide groups is 3.